The summed E-state index contributed by atoms with van der Waals surface area (Å²) in [6.45, 7) is 6.76. The Kier molecular flexibility index (Phi) is 4.48. The van der Waals surface area contributed by atoms with E-state index in [1.165, 1.54) is 6.42 Å². The van der Waals surface area contributed by atoms with Crippen LogP contribution in [0.15, 0.2) is 18.2 Å². The second-order valence-electron chi connectivity index (χ2n) is 6.21. The predicted octanol–water partition coefficient (Wildman–Crippen LogP) is 2.94. The number of hydrogen-bond donors (Lipinski definition) is 2. The SMILES string of the molecule is Cc1cccc(C(=O)NC2(CN)CCCCC2C)c1C. The first kappa shape index (κ1) is 15.0. The summed E-state index contributed by atoms with van der Waals surface area (Å²) >= 11 is 0. The van der Waals surface area contributed by atoms with E-state index in [4.69, 9.17) is 5.73 Å². The monoisotopic (exact) mass is 274 g/mol. The standard InChI is InChI=1S/C17H26N2O/c1-12-7-6-9-15(14(12)3)16(20)19-17(11-18)10-5-4-8-13(17)2/h6-7,9,13H,4-5,8,10-11,18H2,1-3H3,(H,19,20). The minimum absolute atomic E-state index is 0.0189. The number of nitrogens with two attached hydrogens (primary N) is 1. The average molecular weight is 274 g/mol. The molecule has 1 fully saturated rings. The molecule has 0 aromatic heterocycles. The van der Waals surface area contributed by atoms with Crippen LogP contribution in [0.1, 0.15) is 54.1 Å². The van der Waals surface area contributed by atoms with Crippen LogP contribution in [-0.2, 0) is 0 Å². The first-order valence-electron chi connectivity index (χ1n) is 7.59. The third kappa shape index (κ3) is 2.73. The van der Waals surface area contributed by atoms with Gasteiger partial charge in [0.1, 0.15) is 0 Å². The summed E-state index contributed by atoms with van der Waals surface area (Å²) in [5.41, 5.74) is 8.76. The van der Waals surface area contributed by atoms with Gasteiger partial charge in [0.05, 0.1) is 5.54 Å². The van der Waals surface area contributed by atoms with Crippen LogP contribution in [0, 0.1) is 19.8 Å². The first-order chi connectivity index (χ1) is 9.50. The van der Waals surface area contributed by atoms with Crippen molar-refractivity contribution in [3.05, 3.63) is 34.9 Å². The molecule has 2 unspecified atom stereocenters. The molecule has 110 valence electrons. The van der Waals surface area contributed by atoms with Crippen molar-refractivity contribution in [2.24, 2.45) is 11.7 Å². The Labute approximate surface area is 121 Å². The number of aryl methyl sites for hydroxylation is 1. The molecule has 0 spiro atoms. The Bertz CT molecular complexity index is 498. The Morgan fingerprint density at radius 3 is 2.80 bits per heavy atom. The number of amides is 1. The Morgan fingerprint density at radius 1 is 1.40 bits per heavy atom. The molecule has 1 amide bonds. The van der Waals surface area contributed by atoms with Gasteiger partial charge in [-0.05, 0) is 49.8 Å². The lowest BCUT2D eigenvalue weighted by Gasteiger charge is -2.42. The number of carbonyl (C=O) groups excluding carboxylic acids is 1. The van der Waals surface area contributed by atoms with Gasteiger partial charge in [0.2, 0.25) is 0 Å². The molecule has 2 rings (SSSR count). The smallest absolute Gasteiger partial charge is 0.252 e. The maximum Gasteiger partial charge on any atom is 0.252 e. The lowest BCUT2D eigenvalue weighted by Crippen LogP contribution is -2.59. The normalized spacial score (nSPS) is 26.3. The molecular weight excluding hydrogens is 248 g/mol. The van der Waals surface area contributed by atoms with Crippen molar-refractivity contribution in [2.75, 3.05) is 6.54 Å². The van der Waals surface area contributed by atoms with Crippen molar-refractivity contribution in [3.63, 3.8) is 0 Å². The van der Waals surface area contributed by atoms with E-state index in [0.717, 1.165) is 36.0 Å². The highest BCUT2D eigenvalue weighted by Gasteiger charge is 2.38. The van der Waals surface area contributed by atoms with Crippen molar-refractivity contribution in [3.8, 4) is 0 Å². The topological polar surface area (TPSA) is 55.1 Å². The minimum Gasteiger partial charge on any atom is -0.345 e. The predicted molar refractivity (Wildman–Crippen MR) is 82.8 cm³/mol. The highest BCUT2D eigenvalue weighted by molar-refractivity contribution is 5.96. The molecule has 20 heavy (non-hydrogen) atoms. The average Bonchev–Trinajstić information content (AvgIpc) is 2.44. The zero-order chi connectivity index (χ0) is 14.8. The fourth-order valence-electron chi connectivity index (χ4n) is 3.24. The van der Waals surface area contributed by atoms with Crippen molar-refractivity contribution in [1.82, 2.24) is 5.32 Å². The zero-order valence-electron chi connectivity index (χ0n) is 12.8. The Morgan fingerprint density at radius 2 is 2.15 bits per heavy atom. The molecule has 0 radical (unpaired) electrons. The maximum atomic E-state index is 12.6. The van der Waals surface area contributed by atoms with Crippen LogP contribution in [0.4, 0.5) is 0 Å². The summed E-state index contributed by atoms with van der Waals surface area (Å²) in [5, 5.41) is 3.25. The number of benzene rings is 1. The van der Waals surface area contributed by atoms with Gasteiger partial charge >= 0.3 is 0 Å². The fourth-order valence-corrected chi connectivity index (χ4v) is 3.24. The van der Waals surface area contributed by atoms with E-state index in [-0.39, 0.29) is 11.4 Å². The van der Waals surface area contributed by atoms with Crippen LogP contribution < -0.4 is 11.1 Å². The van der Waals surface area contributed by atoms with Crippen LogP contribution in [-0.4, -0.2) is 18.0 Å². The summed E-state index contributed by atoms with van der Waals surface area (Å²) in [7, 11) is 0. The number of nitrogens with one attached hydrogen (secondary N) is 1. The third-order valence-corrected chi connectivity index (χ3v) is 5.03. The highest BCUT2D eigenvalue weighted by Crippen LogP contribution is 2.33. The molecule has 0 saturated heterocycles. The largest absolute Gasteiger partial charge is 0.345 e. The first-order valence-corrected chi connectivity index (χ1v) is 7.59. The second-order valence-corrected chi connectivity index (χ2v) is 6.21. The zero-order valence-corrected chi connectivity index (χ0v) is 12.8. The van der Waals surface area contributed by atoms with Crippen LogP contribution in [0.5, 0.6) is 0 Å². The van der Waals surface area contributed by atoms with Crippen LogP contribution >= 0.6 is 0 Å². The van der Waals surface area contributed by atoms with Gasteiger partial charge < -0.3 is 11.1 Å². The molecule has 3 heteroatoms. The Balaban J connectivity index is 2.23. The third-order valence-electron chi connectivity index (χ3n) is 5.03. The molecule has 0 heterocycles. The van der Waals surface area contributed by atoms with Gasteiger partial charge in [-0.15, -0.1) is 0 Å². The maximum absolute atomic E-state index is 12.6. The van der Waals surface area contributed by atoms with Crippen molar-refractivity contribution in [2.45, 2.75) is 52.0 Å². The van der Waals surface area contributed by atoms with E-state index in [2.05, 4.69) is 12.2 Å². The summed E-state index contributed by atoms with van der Waals surface area (Å²) in [5.74, 6) is 0.459. The second kappa shape index (κ2) is 5.96. The van der Waals surface area contributed by atoms with E-state index >= 15 is 0 Å². The molecule has 1 aromatic carbocycles. The summed E-state index contributed by atoms with van der Waals surface area (Å²) in [6, 6.07) is 5.88. The number of hydrogen-bond acceptors (Lipinski definition) is 2. The number of rotatable bonds is 3. The van der Waals surface area contributed by atoms with E-state index in [0.29, 0.717) is 12.5 Å². The molecule has 3 N–H and O–H groups in total. The van der Waals surface area contributed by atoms with Crippen molar-refractivity contribution < 1.29 is 4.79 Å². The molecule has 0 aliphatic heterocycles. The molecule has 0 bridgehead atoms. The van der Waals surface area contributed by atoms with Crippen molar-refractivity contribution >= 4 is 5.91 Å². The lowest BCUT2D eigenvalue weighted by molar-refractivity contribution is 0.0812. The molecule has 1 aliphatic carbocycles. The van der Waals surface area contributed by atoms with Gasteiger partial charge in [-0.3, -0.25) is 4.79 Å². The molecule has 1 aromatic rings. The lowest BCUT2D eigenvalue weighted by atomic mass is 9.73. The summed E-state index contributed by atoms with van der Waals surface area (Å²) < 4.78 is 0. The molecule has 3 nitrogen and oxygen atoms in total. The van der Waals surface area contributed by atoms with Gasteiger partial charge in [0.25, 0.3) is 5.91 Å². The van der Waals surface area contributed by atoms with Crippen LogP contribution in [0.25, 0.3) is 0 Å². The molecular formula is C17H26N2O. The fraction of sp³-hybridized carbons (Fsp3) is 0.588. The summed E-state index contributed by atoms with van der Waals surface area (Å²) in [4.78, 5) is 12.6. The van der Waals surface area contributed by atoms with Crippen LogP contribution in [0.2, 0.25) is 0 Å². The molecule has 2 atom stereocenters. The molecule has 1 saturated carbocycles. The van der Waals surface area contributed by atoms with E-state index in [1.54, 1.807) is 0 Å². The molecule has 1 aliphatic rings. The van der Waals surface area contributed by atoms with E-state index in [9.17, 15) is 4.79 Å². The Hall–Kier alpha value is -1.35. The van der Waals surface area contributed by atoms with Gasteiger partial charge in [0.15, 0.2) is 0 Å². The van der Waals surface area contributed by atoms with Crippen LogP contribution in [0.3, 0.4) is 0 Å². The highest BCUT2D eigenvalue weighted by atomic mass is 16.1. The van der Waals surface area contributed by atoms with E-state index in [1.807, 2.05) is 32.0 Å². The van der Waals surface area contributed by atoms with Crippen molar-refractivity contribution in [1.29, 1.82) is 0 Å². The van der Waals surface area contributed by atoms with E-state index < -0.39 is 0 Å². The van der Waals surface area contributed by atoms with Gasteiger partial charge in [-0.25, -0.2) is 0 Å². The quantitative estimate of drug-likeness (QED) is 0.890. The minimum atomic E-state index is -0.231. The van der Waals surface area contributed by atoms with Gasteiger partial charge in [0, 0.05) is 12.1 Å². The van der Waals surface area contributed by atoms with Gasteiger partial charge in [-0.1, -0.05) is 31.9 Å². The number of carbonyl (C=O) groups is 1. The van der Waals surface area contributed by atoms with Gasteiger partial charge in [-0.2, -0.15) is 0 Å². The summed E-state index contributed by atoms with van der Waals surface area (Å²) in [6.07, 6.45) is 4.52.